The number of carbonyl (C=O) groups excluding carboxylic acids is 1. The summed E-state index contributed by atoms with van der Waals surface area (Å²) in [5.74, 6) is 1.82. The van der Waals surface area contributed by atoms with E-state index in [1.165, 1.54) is 45.1 Å². The average molecular weight is 237 g/mol. The van der Waals surface area contributed by atoms with E-state index in [1.807, 2.05) is 0 Å². The molecule has 0 N–H and O–H groups in total. The zero-order valence-corrected chi connectivity index (χ0v) is 11.3. The van der Waals surface area contributed by atoms with Crippen molar-refractivity contribution in [1.82, 2.24) is 4.90 Å². The number of ketones is 1. The lowest BCUT2D eigenvalue weighted by atomic mass is 9.86. The van der Waals surface area contributed by atoms with E-state index in [-0.39, 0.29) is 0 Å². The summed E-state index contributed by atoms with van der Waals surface area (Å²) < 4.78 is 0. The maximum atomic E-state index is 12.2. The predicted molar refractivity (Wildman–Crippen MR) is 71.0 cm³/mol. The summed E-state index contributed by atoms with van der Waals surface area (Å²) in [6.07, 6.45) is 10.1. The summed E-state index contributed by atoms with van der Waals surface area (Å²) in [6.45, 7) is 5.22. The zero-order valence-electron chi connectivity index (χ0n) is 11.3. The van der Waals surface area contributed by atoms with Crippen molar-refractivity contribution in [3.8, 4) is 0 Å². The fourth-order valence-electron chi connectivity index (χ4n) is 2.99. The molecule has 0 bridgehead atoms. The third-order valence-corrected chi connectivity index (χ3v) is 4.19. The van der Waals surface area contributed by atoms with Crippen molar-refractivity contribution in [3.63, 3.8) is 0 Å². The summed E-state index contributed by atoms with van der Waals surface area (Å²) in [5.41, 5.74) is 0. The molecule has 2 nitrogen and oxygen atoms in total. The van der Waals surface area contributed by atoms with Gasteiger partial charge in [0.25, 0.3) is 0 Å². The van der Waals surface area contributed by atoms with Gasteiger partial charge in [-0.05, 0) is 44.6 Å². The van der Waals surface area contributed by atoms with Crippen LogP contribution >= 0.6 is 0 Å². The third-order valence-electron chi connectivity index (χ3n) is 4.19. The molecule has 2 saturated carbocycles. The van der Waals surface area contributed by atoms with Gasteiger partial charge < -0.3 is 0 Å². The Morgan fingerprint density at radius 1 is 1.12 bits per heavy atom. The normalized spacial score (nSPS) is 22.0. The largest absolute Gasteiger partial charge is 0.298 e. The van der Waals surface area contributed by atoms with Crippen molar-refractivity contribution in [2.45, 2.75) is 58.3 Å². The minimum Gasteiger partial charge on any atom is -0.298 e. The quantitative estimate of drug-likeness (QED) is 0.677. The molecule has 2 heteroatoms. The molecule has 0 heterocycles. The highest BCUT2D eigenvalue weighted by molar-refractivity contribution is 5.83. The molecule has 0 aromatic rings. The zero-order chi connectivity index (χ0) is 12.1. The van der Waals surface area contributed by atoms with Crippen LogP contribution in [0.5, 0.6) is 0 Å². The SMILES string of the molecule is CCCN(CC(=O)C1CCCCC1)CC1CC1. The summed E-state index contributed by atoms with van der Waals surface area (Å²) in [6, 6.07) is 0. The standard InChI is InChI=1S/C15H27NO/c1-2-10-16(11-13-8-9-13)12-15(17)14-6-4-3-5-7-14/h13-14H,2-12H2,1H3. The second-order valence-electron chi connectivity index (χ2n) is 5.98. The second-order valence-corrected chi connectivity index (χ2v) is 5.98. The molecular weight excluding hydrogens is 210 g/mol. The van der Waals surface area contributed by atoms with Gasteiger partial charge in [-0.15, -0.1) is 0 Å². The molecule has 0 radical (unpaired) electrons. The van der Waals surface area contributed by atoms with Gasteiger partial charge in [0.2, 0.25) is 0 Å². The Kier molecular flexibility index (Phi) is 5.02. The van der Waals surface area contributed by atoms with Gasteiger partial charge in [0, 0.05) is 12.5 Å². The molecule has 0 atom stereocenters. The van der Waals surface area contributed by atoms with Crippen LogP contribution in [0.2, 0.25) is 0 Å². The fraction of sp³-hybridized carbons (Fsp3) is 0.933. The maximum absolute atomic E-state index is 12.2. The van der Waals surface area contributed by atoms with E-state index in [1.54, 1.807) is 0 Å². The molecule has 2 aliphatic rings. The van der Waals surface area contributed by atoms with E-state index < -0.39 is 0 Å². The van der Waals surface area contributed by atoms with Gasteiger partial charge in [-0.25, -0.2) is 0 Å². The van der Waals surface area contributed by atoms with Crippen LogP contribution < -0.4 is 0 Å². The molecule has 2 rings (SSSR count). The number of Topliss-reactive ketones (excluding diaryl/α,β-unsaturated/α-hetero) is 1. The van der Waals surface area contributed by atoms with Crippen LogP contribution in [0.1, 0.15) is 58.3 Å². The molecule has 0 unspecified atom stereocenters. The molecule has 0 aliphatic heterocycles. The van der Waals surface area contributed by atoms with E-state index >= 15 is 0 Å². The predicted octanol–water partition coefficient (Wildman–Crippen LogP) is 3.26. The average Bonchev–Trinajstić information content (AvgIpc) is 3.14. The molecule has 2 fully saturated rings. The first-order chi connectivity index (χ1) is 8.29. The first-order valence-electron chi connectivity index (χ1n) is 7.54. The number of nitrogens with zero attached hydrogens (tertiary/aromatic N) is 1. The summed E-state index contributed by atoms with van der Waals surface area (Å²) >= 11 is 0. The fourth-order valence-corrected chi connectivity index (χ4v) is 2.99. The first kappa shape index (κ1) is 13.1. The van der Waals surface area contributed by atoms with Crippen LogP contribution in [0.15, 0.2) is 0 Å². The molecule has 0 aromatic carbocycles. The van der Waals surface area contributed by atoms with Crippen LogP contribution in [0, 0.1) is 11.8 Å². The van der Waals surface area contributed by atoms with Gasteiger partial charge in [0.05, 0.1) is 6.54 Å². The smallest absolute Gasteiger partial charge is 0.149 e. The van der Waals surface area contributed by atoms with Crippen LogP contribution in [-0.4, -0.2) is 30.3 Å². The minimum absolute atomic E-state index is 0.391. The van der Waals surface area contributed by atoms with Crippen molar-refractivity contribution in [3.05, 3.63) is 0 Å². The Balaban J connectivity index is 1.76. The van der Waals surface area contributed by atoms with E-state index in [0.29, 0.717) is 11.7 Å². The minimum atomic E-state index is 0.391. The molecule has 0 spiro atoms. The van der Waals surface area contributed by atoms with Gasteiger partial charge >= 0.3 is 0 Å². The highest BCUT2D eigenvalue weighted by Crippen LogP contribution is 2.30. The summed E-state index contributed by atoms with van der Waals surface area (Å²) in [4.78, 5) is 14.7. The number of hydrogen-bond acceptors (Lipinski definition) is 2. The van der Waals surface area contributed by atoms with Crippen LogP contribution in [0.4, 0.5) is 0 Å². The highest BCUT2D eigenvalue weighted by atomic mass is 16.1. The molecular formula is C15H27NO. The maximum Gasteiger partial charge on any atom is 0.149 e. The van der Waals surface area contributed by atoms with Crippen LogP contribution in [-0.2, 0) is 4.79 Å². The molecule has 17 heavy (non-hydrogen) atoms. The van der Waals surface area contributed by atoms with Crippen LogP contribution in [0.25, 0.3) is 0 Å². The van der Waals surface area contributed by atoms with Gasteiger partial charge in [-0.1, -0.05) is 26.2 Å². The Labute approximate surface area is 106 Å². The second kappa shape index (κ2) is 6.53. The molecule has 0 aromatic heterocycles. The van der Waals surface area contributed by atoms with E-state index in [4.69, 9.17) is 0 Å². The topological polar surface area (TPSA) is 20.3 Å². The van der Waals surface area contributed by atoms with Crippen molar-refractivity contribution in [1.29, 1.82) is 0 Å². The van der Waals surface area contributed by atoms with Gasteiger partial charge in [-0.3, -0.25) is 9.69 Å². The summed E-state index contributed by atoms with van der Waals surface area (Å²) in [5, 5.41) is 0. The highest BCUT2D eigenvalue weighted by Gasteiger charge is 2.27. The number of hydrogen-bond donors (Lipinski definition) is 0. The first-order valence-corrected chi connectivity index (χ1v) is 7.54. The van der Waals surface area contributed by atoms with Crippen molar-refractivity contribution in [2.75, 3.05) is 19.6 Å². The monoisotopic (exact) mass is 237 g/mol. The Morgan fingerprint density at radius 3 is 2.41 bits per heavy atom. The van der Waals surface area contributed by atoms with Crippen molar-refractivity contribution >= 4 is 5.78 Å². The summed E-state index contributed by atoms with van der Waals surface area (Å²) in [7, 11) is 0. The van der Waals surface area contributed by atoms with Gasteiger partial charge in [0.1, 0.15) is 5.78 Å². The van der Waals surface area contributed by atoms with E-state index in [9.17, 15) is 4.79 Å². The van der Waals surface area contributed by atoms with E-state index in [2.05, 4.69) is 11.8 Å². The van der Waals surface area contributed by atoms with Crippen molar-refractivity contribution in [2.24, 2.45) is 11.8 Å². The molecule has 0 saturated heterocycles. The van der Waals surface area contributed by atoms with E-state index in [0.717, 1.165) is 31.8 Å². The number of rotatable bonds is 7. The Hall–Kier alpha value is -0.370. The Morgan fingerprint density at radius 2 is 1.82 bits per heavy atom. The molecule has 0 amide bonds. The van der Waals surface area contributed by atoms with Crippen molar-refractivity contribution < 1.29 is 4.79 Å². The lowest BCUT2D eigenvalue weighted by Crippen LogP contribution is -2.35. The van der Waals surface area contributed by atoms with Gasteiger partial charge in [0.15, 0.2) is 0 Å². The lowest BCUT2D eigenvalue weighted by Gasteiger charge is -2.25. The lowest BCUT2D eigenvalue weighted by molar-refractivity contribution is -0.125. The van der Waals surface area contributed by atoms with Gasteiger partial charge in [-0.2, -0.15) is 0 Å². The number of carbonyl (C=O) groups is 1. The molecule has 2 aliphatic carbocycles. The molecule has 98 valence electrons. The third kappa shape index (κ3) is 4.42. The Bertz CT molecular complexity index is 241. The van der Waals surface area contributed by atoms with Crippen LogP contribution in [0.3, 0.4) is 0 Å².